The van der Waals surface area contributed by atoms with Crippen LogP contribution >= 0.6 is 0 Å². The Bertz CT molecular complexity index is 683. The third kappa shape index (κ3) is 4.04. The van der Waals surface area contributed by atoms with Crippen molar-refractivity contribution in [1.82, 2.24) is 0 Å². The van der Waals surface area contributed by atoms with Crippen LogP contribution in [-0.2, 0) is 19.3 Å². The Morgan fingerprint density at radius 3 is 2.27 bits per heavy atom. The van der Waals surface area contributed by atoms with Crippen LogP contribution < -0.4 is 0 Å². The van der Waals surface area contributed by atoms with Gasteiger partial charge in [-0.25, -0.2) is 0 Å². The molecule has 3 nitrogen and oxygen atoms in total. The van der Waals surface area contributed by atoms with Gasteiger partial charge >= 0.3 is 0 Å². The molecule has 0 amide bonds. The second-order valence-electron chi connectivity index (χ2n) is 5.72. The predicted molar refractivity (Wildman–Crippen MR) is 88.4 cm³/mol. The lowest BCUT2D eigenvalue weighted by Crippen LogP contribution is -1.98. The van der Waals surface area contributed by atoms with E-state index in [2.05, 4.69) is 6.08 Å². The fourth-order valence-corrected chi connectivity index (χ4v) is 2.46. The summed E-state index contributed by atoms with van der Waals surface area (Å²) >= 11 is 0. The molecule has 0 saturated carbocycles. The van der Waals surface area contributed by atoms with Crippen molar-refractivity contribution < 1.29 is 15.3 Å². The number of allylic oxidation sites excluding steroid dienone is 2. The van der Waals surface area contributed by atoms with Gasteiger partial charge in [0, 0.05) is 11.6 Å². The van der Waals surface area contributed by atoms with Gasteiger partial charge in [-0.05, 0) is 56.4 Å². The maximum atomic E-state index is 10.1. The fourth-order valence-electron chi connectivity index (χ4n) is 2.46. The van der Waals surface area contributed by atoms with Gasteiger partial charge in [0.15, 0.2) is 0 Å². The molecule has 0 aliphatic heterocycles. The molecular weight excluding hydrogens is 276 g/mol. The molecule has 0 unspecified atom stereocenters. The van der Waals surface area contributed by atoms with E-state index in [1.165, 1.54) is 11.6 Å². The first-order chi connectivity index (χ1) is 10.5. The molecule has 0 aliphatic rings. The number of hydrogen-bond donors (Lipinski definition) is 3. The highest BCUT2D eigenvalue weighted by Crippen LogP contribution is 2.30. The molecule has 3 heteroatoms. The number of para-hydroxylation sites is 1. The van der Waals surface area contributed by atoms with Gasteiger partial charge in [-0.3, -0.25) is 0 Å². The molecule has 0 spiro atoms. The van der Waals surface area contributed by atoms with Gasteiger partial charge in [0.05, 0.1) is 0 Å². The summed E-state index contributed by atoms with van der Waals surface area (Å²) in [5.41, 5.74) is 3.77. The fraction of sp³-hybridized carbons (Fsp3) is 0.263. The van der Waals surface area contributed by atoms with E-state index in [9.17, 15) is 15.3 Å². The van der Waals surface area contributed by atoms with Gasteiger partial charge in [-0.1, -0.05) is 29.8 Å². The van der Waals surface area contributed by atoms with Gasteiger partial charge < -0.3 is 15.3 Å². The number of phenols is 3. The zero-order valence-corrected chi connectivity index (χ0v) is 13.0. The van der Waals surface area contributed by atoms with Crippen LogP contribution in [0.25, 0.3) is 0 Å². The van der Waals surface area contributed by atoms with Gasteiger partial charge in [0.1, 0.15) is 17.2 Å². The minimum atomic E-state index is 0.0609. The zero-order valence-electron chi connectivity index (χ0n) is 13.0. The highest BCUT2D eigenvalue weighted by Gasteiger charge is 2.10. The molecule has 0 fully saturated rings. The van der Waals surface area contributed by atoms with Crippen LogP contribution in [0.4, 0.5) is 0 Å². The highest BCUT2D eigenvalue weighted by molar-refractivity contribution is 5.47. The smallest absolute Gasteiger partial charge is 0.123 e. The summed E-state index contributed by atoms with van der Waals surface area (Å²) in [4.78, 5) is 0. The van der Waals surface area contributed by atoms with Crippen LogP contribution in [0.2, 0.25) is 0 Å². The van der Waals surface area contributed by atoms with E-state index in [0.29, 0.717) is 19.3 Å². The number of aromatic hydroxyl groups is 3. The van der Waals surface area contributed by atoms with Gasteiger partial charge in [0.2, 0.25) is 0 Å². The topological polar surface area (TPSA) is 60.7 Å². The summed E-state index contributed by atoms with van der Waals surface area (Å²) in [6.45, 7) is 4.03. The Hall–Kier alpha value is -2.42. The Balaban J connectivity index is 2.25. The number of aryl methyl sites for hydroxylation is 2. The third-order valence-electron chi connectivity index (χ3n) is 3.67. The quantitative estimate of drug-likeness (QED) is 0.728. The number of phenolic OH excluding ortho intramolecular Hbond substituents is 3. The van der Waals surface area contributed by atoms with Gasteiger partial charge in [0.25, 0.3) is 0 Å². The monoisotopic (exact) mass is 298 g/mol. The molecule has 0 atom stereocenters. The average Bonchev–Trinajstić information content (AvgIpc) is 2.45. The average molecular weight is 298 g/mol. The molecule has 0 bridgehead atoms. The molecule has 2 rings (SSSR count). The lowest BCUT2D eigenvalue weighted by molar-refractivity contribution is 0.445. The van der Waals surface area contributed by atoms with Crippen molar-refractivity contribution in [2.45, 2.75) is 33.1 Å². The van der Waals surface area contributed by atoms with Crippen molar-refractivity contribution in [3.05, 3.63) is 64.7 Å². The minimum absolute atomic E-state index is 0.0609. The molecule has 2 aromatic rings. The lowest BCUT2D eigenvalue weighted by Gasteiger charge is -2.12. The largest absolute Gasteiger partial charge is 0.508 e. The number of hydrogen-bond acceptors (Lipinski definition) is 3. The molecule has 116 valence electrons. The predicted octanol–water partition coefficient (Wildman–Crippen LogP) is 4.10. The summed E-state index contributed by atoms with van der Waals surface area (Å²) < 4.78 is 0. The molecule has 2 aromatic carbocycles. The molecule has 0 saturated heterocycles. The van der Waals surface area contributed by atoms with Crippen molar-refractivity contribution >= 4 is 0 Å². The van der Waals surface area contributed by atoms with Crippen LogP contribution in [0.3, 0.4) is 0 Å². The summed E-state index contributed by atoms with van der Waals surface area (Å²) in [6, 6.07) is 10.3. The molecule has 0 heterocycles. The molecule has 0 aliphatic carbocycles. The molecule has 0 aromatic heterocycles. The molecule has 0 radical (unpaired) electrons. The first-order valence-corrected chi connectivity index (χ1v) is 7.41. The van der Waals surface area contributed by atoms with E-state index in [-0.39, 0.29) is 17.2 Å². The van der Waals surface area contributed by atoms with Crippen LogP contribution in [0, 0.1) is 0 Å². The van der Waals surface area contributed by atoms with E-state index < -0.39 is 0 Å². The second-order valence-corrected chi connectivity index (χ2v) is 5.72. The lowest BCUT2D eigenvalue weighted by atomic mass is 9.96. The van der Waals surface area contributed by atoms with Crippen molar-refractivity contribution in [2.75, 3.05) is 0 Å². The van der Waals surface area contributed by atoms with E-state index in [4.69, 9.17) is 0 Å². The summed E-state index contributed by atoms with van der Waals surface area (Å²) in [5.74, 6) is 0.452. The Morgan fingerprint density at radius 1 is 0.909 bits per heavy atom. The summed E-state index contributed by atoms with van der Waals surface area (Å²) in [6.07, 6.45) is 3.98. The Morgan fingerprint density at radius 2 is 1.59 bits per heavy atom. The minimum Gasteiger partial charge on any atom is -0.508 e. The van der Waals surface area contributed by atoms with Crippen LogP contribution in [-0.4, -0.2) is 15.3 Å². The Labute approximate surface area is 131 Å². The number of rotatable bonds is 5. The summed E-state index contributed by atoms with van der Waals surface area (Å²) in [5, 5.41) is 29.7. The van der Waals surface area contributed by atoms with E-state index in [1.54, 1.807) is 18.2 Å². The van der Waals surface area contributed by atoms with E-state index in [0.717, 1.165) is 16.7 Å². The highest BCUT2D eigenvalue weighted by atomic mass is 16.3. The second kappa shape index (κ2) is 7.03. The maximum Gasteiger partial charge on any atom is 0.123 e. The normalized spacial score (nSPS) is 10.5. The molecular formula is C19H22O3. The molecule has 22 heavy (non-hydrogen) atoms. The zero-order chi connectivity index (χ0) is 16.1. The first kappa shape index (κ1) is 16.0. The van der Waals surface area contributed by atoms with Crippen LogP contribution in [0.5, 0.6) is 17.2 Å². The van der Waals surface area contributed by atoms with Gasteiger partial charge in [-0.2, -0.15) is 0 Å². The standard InChI is InChI=1S/C19H22O3/c1-13(2)7-10-17-15(11-16(20)12-19(17)22)9-8-14-5-3-4-6-18(14)21/h3-7,11-12,20-22H,8-10H2,1-2H3. The van der Waals surface area contributed by atoms with Crippen LogP contribution in [0.1, 0.15) is 30.5 Å². The van der Waals surface area contributed by atoms with Crippen molar-refractivity contribution in [3.8, 4) is 17.2 Å². The van der Waals surface area contributed by atoms with Crippen molar-refractivity contribution in [2.24, 2.45) is 0 Å². The SMILES string of the molecule is CC(C)=CCc1c(O)cc(O)cc1CCc1ccccc1O. The van der Waals surface area contributed by atoms with Crippen molar-refractivity contribution in [3.63, 3.8) is 0 Å². The Kier molecular flexibility index (Phi) is 5.10. The van der Waals surface area contributed by atoms with Gasteiger partial charge in [-0.15, -0.1) is 0 Å². The first-order valence-electron chi connectivity index (χ1n) is 7.41. The maximum absolute atomic E-state index is 10.1. The van der Waals surface area contributed by atoms with E-state index >= 15 is 0 Å². The molecule has 3 N–H and O–H groups in total. The number of benzene rings is 2. The summed E-state index contributed by atoms with van der Waals surface area (Å²) in [7, 11) is 0. The van der Waals surface area contributed by atoms with Crippen molar-refractivity contribution in [1.29, 1.82) is 0 Å². The third-order valence-corrected chi connectivity index (χ3v) is 3.67. The van der Waals surface area contributed by atoms with Crippen LogP contribution in [0.15, 0.2) is 48.0 Å². The van der Waals surface area contributed by atoms with E-state index in [1.807, 2.05) is 26.0 Å².